The second-order valence-electron chi connectivity index (χ2n) is 7.61. The Bertz CT molecular complexity index is 484. The van der Waals surface area contributed by atoms with E-state index in [1.807, 2.05) is 0 Å². The molecular weight excluding hydrogens is 270 g/mol. The van der Waals surface area contributed by atoms with Crippen LogP contribution < -0.4 is 5.73 Å². The Morgan fingerprint density at radius 1 is 1.23 bits per heavy atom. The van der Waals surface area contributed by atoms with E-state index in [0.717, 1.165) is 32.3 Å². The van der Waals surface area contributed by atoms with E-state index in [9.17, 15) is 0 Å². The van der Waals surface area contributed by atoms with E-state index in [-0.39, 0.29) is 5.41 Å². The van der Waals surface area contributed by atoms with Crippen LogP contribution in [0.5, 0.6) is 0 Å². The molecule has 1 aromatic carbocycles. The fourth-order valence-electron chi connectivity index (χ4n) is 4.01. The zero-order chi connectivity index (χ0) is 16.2. The lowest BCUT2D eigenvalue weighted by Crippen LogP contribution is -2.56. The molecule has 0 aromatic heterocycles. The summed E-state index contributed by atoms with van der Waals surface area (Å²) in [6.07, 6.45) is 6.82. The van der Waals surface area contributed by atoms with Crippen molar-refractivity contribution in [2.24, 2.45) is 17.1 Å². The van der Waals surface area contributed by atoms with Crippen molar-refractivity contribution < 1.29 is 4.74 Å². The lowest BCUT2D eigenvalue weighted by atomic mass is 9.63. The van der Waals surface area contributed by atoms with Crippen LogP contribution in [0, 0.1) is 11.3 Å². The minimum Gasteiger partial charge on any atom is -0.356 e. The number of unbranched alkanes of at least 4 members (excludes halogenated alkanes) is 2. The van der Waals surface area contributed by atoms with Crippen molar-refractivity contribution in [3.8, 4) is 0 Å². The maximum atomic E-state index is 6.96. The molecule has 0 radical (unpaired) electrons. The molecule has 0 bridgehead atoms. The second-order valence-corrected chi connectivity index (χ2v) is 7.61. The average molecular weight is 303 g/mol. The largest absolute Gasteiger partial charge is 0.356 e. The zero-order valence-corrected chi connectivity index (χ0v) is 14.8. The van der Waals surface area contributed by atoms with Gasteiger partial charge in [0.25, 0.3) is 0 Å². The third kappa shape index (κ3) is 3.38. The van der Waals surface area contributed by atoms with Gasteiger partial charge in [0.05, 0.1) is 0 Å². The van der Waals surface area contributed by atoms with E-state index in [0.29, 0.717) is 5.92 Å². The van der Waals surface area contributed by atoms with Crippen LogP contribution in [0.15, 0.2) is 24.3 Å². The molecular formula is C20H33NO. The first-order valence-corrected chi connectivity index (χ1v) is 8.94. The van der Waals surface area contributed by atoms with Gasteiger partial charge in [-0.2, -0.15) is 0 Å². The van der Waals surface area contributed by atoms with Crippen molar-refractivity contribution in [3.63, 3.8) is 0 Å². The SMILES string of the molecule is CCCCCOC1(N)c2ccccc2CCC1(C)CC(C)C. The number of nitrogens with two attached hydrogens (primary N) is 1. The van der Waals surface area contributed by atoms with Gasteiger partial charge in [0.2, 0.25) is 0 Å². The fourth-order valence-corrected chi connectivity index (χ4v) is 4.01. The Morgan fingerprint density at radius 2 is 1.95 bits per heavy atom. The van der Waals surface area contributed by atoms with E-state index in [1.165, 1.54) is 24.0 Å². The van der Waals surface area contributed by atoms with E-state index >= 15 is 0 Å². The number of benzene rings is 1. The van der Waals surface area contributed by atoms with Gasteiger partial charge in [-0.25, -0.2) is 0 Å². The highest BCUT2D eigenvalue weighted by Crippen LogP contribution is 2.51. The molecule has 0 amide bonds. The van der Waals surface area contributed by atoms with Gasteiger partial charge in [-0.3, -0.25) is 5.73 Å². The molecule has 2 nitrogen and oxygen atoms in total. The van der Waals surface area contributed by atoms with Crippen LogP contribution in [0.4, 0.5) is 0 Å². The summed E-state index contributed by atoms with van der Waals surface area (Å²) in [5.41, 5.74) is 8.88. The van der Waals surface area contributed by atoms with Crippen LogP contribution in [0.1, 0.15) is 70.9 Å². The summed E-state index contributed by atoms with van der Waals surface area (Å²) in [6, 6.07) is 8.59. The third-order valence-corrected chi connectivity index (χ3v) is 5.20. The summed E-state index contributed by atoms with van der Waals surface area (Å²) in [4.78, 5) is 0. The lowest BCUT2D eigenvalue weighted by Gasteiger charge is -2.51. The van der Waals surface area contributed by atoms with Gasteiger partial charge < -0.3 is 4.74 Å². The zero-order valence-electron chi connectivity index (χ0n) is 14.8. The molecule has 2 N–H and O–H groups in total. The smallest absolute Gasteiger partial charge is 0.148 e. The highest BCUT2D eigenvalue weighted by atomic mass is 16.5. The van der Waals surface area contributed by atoms with Crippen molar-refractivity contribution in [2.45, 2.75) is 71.9 Å². The molecule has 0 fully saturated rings. The van der Waals surface area contributed by atoms with Crippen molar-refractivity contribution in [1.29, 1.82) is 0 Å². The van der Waals surface area contributed by atoms with Gasteiger partial charge in [0, 0.05) is 17.6 Å². The van der Waals surface area contributed by atoms with E-state index in [1.54, 1.807) is 0 Å². The molecule has 22 heavy (non-hydrogen) atoms. The molecule has 2 unspecified atom stereocenters. The minimum absolute atomic E-state index is 0.00172. The van der Waals surface area contributed by atoms with Crippen LogP contribution in [0.2, 0.25) is 0 Å². The molecule has 2 atom stereocenters. The summed E-state index contributed by atoms with van der Waals surface area (Å²) in [6.45, 7) is 9.86. The topological polar surface area (TPSA) is 35.2 Å². The third-order valence-electron chi connectivity index (χ3n) is 5.20. The number of fused-ring (bicyclic) bond motifs is 1. The molecule has 2 rings (SSSR count). The normalized spacial score (nSPS) is 27.9. The highest BCUT2D eigenvalue weighted by molar-refractivity contribution is 5.36. The van der Waals surface area contributed by atoms with Crippen molar-refractivity contribution in [3.05, 3.63) is 35.4 Å². The predicted octanol–water partition coefficient (Wildman–Crippen LogP) is 5.00. The van der Waals surface area contributed by atoms with Crippen molar-refractivity contribution in [1.82, 2.24) is 0 Å². The Kier molecular flexibility index (Phi) is 5.68. The number of rotatable bonds is 7. The van der Waals surface area contributed by atoms with Gasteiger partial charge in [0.15, 0.2) is 0 Å². The second kappa shape index (κ2) is 7.14. The van der Waals surface area contributed by atoms with Crippen LogP contribution in [-0.2, 0) is 16.9 Å². The molecule has 0 heterocycles. The Morgan fingerprint density at radius 3 is 2.64 bits per heavy atom. The predicted molar refractivity (Wildman–Crippen MR) is 93.7 cm³/mol. The standard InChI is InChI=1S/C20H33NO/c1-5-6-9-14-22-20(21)18-11-8-7-10-17(18)12-13-19(20,4)15-16(2)3/h7-8,10-11,16H,5-6,9,12-15,21H2,1-4H3. The lowest BCUT2D eigenvalue weighted by molar-refractivity contribution is -0.151. The minimum atomic E-state index is -0.653. The molecule has 124 valence electrons. The van der Waals surface area contributed by atoms with Gasteiger partial charge in [-0.05, 0) is 37.2 Å². The first kappa shape index (κ1) is 17.5. The summed E-state index contributed by atoms with van der Waals surface area (Å²) in [5, 5.41) is 0. The number of ether oxygens (including phenoxy) is 1. The molecule has 0 spiro atoms. The Balaban J connectivity index is 2.31. The number of aryl methyl sites for hydroxylation is 1. The molecule has 2 heteroatoms. The van der Waals surface area contributed by atoms with Crippen LogP contribution in [-0.4, -0.2) is 6.61 Å². The molecule has 1 aliphatic rings. The summed E-state index contributed by atoms with van der Waals surface area (Å²) in [5.74, 6) is 0.623. The molecule has 0 aliphatic heterocycles. The van der Waals surface area contributed by atoms with E-state index in [2.05, 4.69) is 52.0 Å². The van der Waals surface area contributed by atoms with Gasteiger partial charge in [-0.15, -0.1) is 0 Å². The quantitative estimate of drug-likeness (QED) is 0.568. The van der Waals surface area contributed by atoms with Crippen molar-refractivity contribution in [2.75, 3.05) is 6.61 Å². The molecule has 0 saturated heterocycles. The van der Waals surface area contributed by atoms with E-state index < -0.39 is 5.72 Å². The first-order chi connectivity index (χ1) is 10.4. The van der Waals surface area contributed by atoms with Gasteiger partial charge >= 0.3 is 0 Å². The van der Waals surface area contributed by atoms with E-state index in [4.69, 9.17) is 10.5 Å². The number of hydrogen-bond donors (Lipinski definition) is 1. The maximum absolute atomic E-state index is 6.96. The van der Waals surface area contributed by atoms with Crippen LogP contribution in [0.25, 0.3) is 0 Å². The van der Waals surface area contributed by atoms with Crippen LogP contribution in [0.3, 0.4) is 0 Å². The Labute approximate surface area is 136 Å². The monoisotopic (exact) mass is 303 g/mol. The maximum Gasteiger partial charge on any atom is 0.148 e. The number of hydrogen-bond acceptors (Lipinski definition) is 2. The summed E-state index contributed by atoms with van der Waals surface area (Å²) >= 11 is 0. The summed E-state index contributed by atoms with van der Waals surface area (Å²) in [7, 11) is 0. The van der Waals surface area contributed by atoms with Gasteiger partial charge in [-0.1, -0.05) is 64.8 Å². The average Bonchev–Trinajstić information content (AvgIpc) is 2.48. The van der Waals surface area contributed by atoms with Crippen molar-refractivity contribution >= 4 is 0 Å². The van der Waals surface area contributed by atoms with Gasteiger partial charge in [0.1, 0.15) is 5.72 Å². The Hall–Kier alpha value is -0.860. The molecule has 1 aromatic rings. The highest BCUT2D eigenvalue weighted by Gasteiger charge is 2.50. The fraction of sp³-hybridized carbons (Fsp3) is 0.700. The molecule has 0 saturated carbocycles. The summed E-state index contributed by atoms with van der Waals surface area (Å²) < 4.78 is 6.39. The first-order valence-electron chi connectivity index (χ1n) is 8.94. The molecule has 1 aliphatic carbocycles. The van der Waals surface area contributed by atoms with Crippen LogP contribution >= 0.6 is 0 Å².